The van der Waals surface area contributed by atoms with Crippen LogP contribution < -0.4 is 0 Å². The fourth-order valence-corrected chi connectivity index (χ4v) is 3.47. The lowest BCUT2D eigenvalue weighted by atomic mass is 9.87. The SMILES string of the molecule is Cc1ccc(-c2nc(COC3CCCC(COC(C)C(=O)O)C3)c(C)o2)cc1. The topological polar surface area (TPSA) is 81.8 Å². The second-order valence-corrected chi connectivity index (χ2v) is 7.67. The van der Waals surface area contributed by atoms with E-state index in [0.29, 0.717) is 25.0 Å². The maximum Gasteiger partial charge on any atom is 0.332 e. The zero-order valence-corrected chi connectivity index (χ0v) is 16.8. The minimum atomic E-state index is -0.922. The number of ether oxygens (including phenoxy) is 2. The van der Waals surface area contributed by atoms with Crippen LogP contribution in [0.25, 0.3) is 11.5 Å². The van der Waals surface area contributed by atoms with Crippen LogP contribution in [-0.2, 0) is 20.9 Å². The predicted octanol–water partition coefficient (Wildman–Crippen LogP) is 4.52. The molecule has 1 aromatic carbocycles. The number of carboxylic acid groups (broad SMARTS) is 1. The van der Waals surface area contributed by atoms with Gasteiger partial charge in [-0.3, -0.25) is 0 Å². The summed E-state index contributed by atoms with van der Waals surface area (Å²) in [6.45, 7) is 6.42. The average molecular weight is 387 g/mol. The Morgan fingerprint density at radius 3 is 2.75 bits per heavy atom. The summed E-state index contributed by atoms with van der Waals surface area (Å²) in [5.41, 5.74) is 2.99. The quantitative estimate of drug-likeness (QED) is 0.717. The molecule has 0 amide bonds. The summed E-state index contributed by atoms with van der Waals surface area (Å²) in [5.74, 6) is 0.812. The van der Waals surface area contributed by atoms with Crippen molar-refractivity contribution in [2.45, 2.75) is 65.3 Å². The van der Waals surface area contributed by atoms with E-state index >= 15 is 0 Å². The number of hydrogen-bond donors (Lipinski definition) is 1. The normalized spacial score (nSPS) is 20.8. The zero-order valence-electron chi connectivity index (χ0n) is 16.8. The molecule has 1 N–H and O–H groups in total. The van der Waals surface area contributed by atoms with E-state index in [-0.39, 0.29) is 6.10 Å². The van der Waals surface area contributed by atoms with Gasteiger partial charge < -0.3 is 19.0 Å². The largest absolute Gasteiger partial charge is 0.479 e. The molecule has 3 rings (SSSR count). The lowest BCUT2D eigenvalue weighted by Gasteiger charge is -2.29. The van der Waals surface area contributed by atoms with Crippen LogP contribution in [0.5, 0.6) is 0 Å². The van der Waals surface area contributed by atoms with E-state index in [1.807, 2.05) is 31.2 Å². The summed E-state index contributed by atoms with van der Waals surface area (Å²) >= 11 is 0. The molecule has 3 unspecified atom stereocenters. The highest BCUT2D eigenvalue weighted by molar-refractivity contribution is 5.71. The molecule has 0 radical (unpaired) electrons. The van der Waals surface area contributed by atoms with E-state index in [1.165, 1.54) is 5.56 Å². The van der Waals surface area contributed by atoms with Gasteiger partial charge in [-0.15, -0.1) is 0 Å². The van der Waals surface area contributed by atoms with Crippen molar-refractivity contribution in [1.29, 1.82) is 0 Å². The number of nitrogens with zero attached hydrogens (tertiary/aromatic N) is 1. The molecule has 1 aromatic heterocycles. The number of carboxylic acids is 1. The van der Waals surface area contributed by atoms with Crippen LogP contribution in [0, 0.1) is 19.8 Å². The van der Waals surface area contributed by atoms with Crippen molar-refractivity contribution in [2.75, 3.05) is 6.61 Å². The van der Waals surface area contributed by atoms with Gasteiger partial charge in [-0.25, -0.2) is 9.78 Å². The Morgan fingerprint density at radius 1 is 1.29 bits per heavy atom. The van der Waals surface area contributed by atoms with E-state index in [2.05, 4.69) is 11.9 Å². The molecule has 0 saturated heterocycles. The highest BCUT2D eigenvalue weighted by atomic mass is 16.5. The molecule has 0 bridgehead atoms. The number of benzene rings is 1. The van der Waals surface area contributed by atoms with Crippen LogP contribution >= 0.6 is 0 Å². The standard InChI is InChI=1S/C22H29NO5/c1-14-7-9-18(10-8-14)21-23-20(15(2)28-21)13-27-19-6-4-5-17(11-19)12-26-16(3)22(24)25/h7-10,16-17,19H,4-6,11-13H2,1-3H3,(H,24,25). The third kappa shape index (κ3) is 5.42. The number of oxazole rings is 1. The van der Waals surface area contributed by atoms with Gasteiger partial charge in [0.05, 0.1) is 19.3 Å². The van der Waals surface area contributed by atoms with Crippen LogP contribution in [0.3, 0.4) is 0 Å². The second kappa shape index (κ2) is 9.34. The molecule has 152 valence electrons. The molecular weight excluding hydrogens is 358 g/mol. The number of aryl methyl sites for hydroxylation is 2. The molecule has 1 fully saturated rings. The minimum absolute atomic E-state index is 0.140. The summed E-state index contributed by atoms with van der Waals surface area (Å²) in [7, 11) is 0. The third-order valence-corrected chi connectivity index (χ3v) is 5.31. The molecule has 6 nitrogen and oxygen atoms in total. The maximum absolute atomic E-state index is 10.9. The van der Waals surface area contributed by atoms with Gasteiger partial charge in [0.1, 0.15) is 11.5 Å². The monoisotopic (exact) mass is 387 g/mol. The van der Waals surface area contributed by atoms with Crippen molar-refractivity contribution in [3.05, 3.63) is 41.3 Å². The molecule has 1 aliphatic rings. The fraction of sp³-hybridized carbons (Fsp3) is 0.545. The first-order valence-electron chi connectivity index (χ1n) is 9.91. The number of carbonyl (C=O) groups is 1. The Bertz CT molecular complexity index is 783. The fourth-order valence-electron chi connectivity index (χ4n) is 3.47. The number of rotatable bonds is 8. The van der Waals surface area contributed by atoms with E-state index < -0.39 is 12.1 Å². The average Bonchev–Trinajstić information content (AvgIpc) is 3.06. The van der Waals surface area contributed by atoms with Crippen LogP contribution in [0.4, 0.5) is 0 Å². The van der Waals surface area contributed by atoms with Crippen LogP contribution in [0.1, 0.15) is 49.6 Å². The van der Waals surface area contributed by atoms with Gasteiger partial charge in [0.15, 0.2) is 6.10 Å². The number of aromatic nitrogens is 1. The molecular formula is C22H29NO5. The molecule has 0 spiro atoms. The van der Waals surface area contributed by atoms with Gasteiger partial charge >= 0.3 is 5.97 Å². The smallest absolute Gasteiger partial charge is 0.332 e. The van der Waals surface area contributed by atoms with Gasteiger partial charge in [0, 0.05) is 5.56 Å². The molecule has 6 heteroatoms. The summed E-state index contributed by atoms with van der Waals surface area (Å²) in [6, 6.07) is 8.10. The number of hydrogen-bond acceptors (Lipinski definition) is 5. The summed E-state index contributed by atoms with van der Waals surface area (Å²) in [4.78, 5) is 15.5. The Hall–Kier alpha value is -2.18. The van der Waals surface area contributed by atoms with Crippen molar-refractivity contribution >= 4 is 5.97 Å². The molecule has 1 aliphatic carbocycles. The first-order valence-corrected chi connectivity index (χ1v) is 9.91. The van der Waals surface area contributed by atoms with Crippen LogP contribution in [0.15, 0.2) is 28.7 Å². The molecule has 3 atom stereocenters. The summed E-state index contributed by atoms with van der Waals surface area (Å²) in [6.07, 6.45) is 3.38. The lowest BCUT2D eigenvalue weighted by Crippen LogP contribution is -2.29. The number of aliphatic carboxylic acids is 1. The summed E-state index contributed by atoms with van der Waals surface area (Å²) < 4.78 is 17.4. The Labute approximate surface area is 165 Å². The summed E-state index contributed by atoms with van der Waals surface area (Å²) in [5, 5.41) is 8.93. The first kappa shape index (κ1) is 20.6. The van der Waals surface area contributed by atoms with Crippen molar-refractivity contribution in [2.24, 2.45) is 5.92 Å². The van der Waals surface area contributed by atoms with E-state index in [9.17, 15) is 4.79 Å². The van der Waals surface area contributed by atoms with Gasteiger partial charge in [-0.05, 0) is 58.1 Å². The van der Waals surface area contributed by atoms with E-state index in [1.54, 1.807) is 6.92 Å². The Kier molecular flexibility index (Phi) is 6.86. The van der Waals surface area contributed by atoms with Gasteiger partial charge in [0.2, 0.25) is 5.89 Å². The van der Waals surface area contributed by atoms with Crippen LogP contribution in [-0.4, -0.2) is 34.9 Å². The highest BCUT2D eigenvalue weighted by Gasteiger charge is 2.25. The minimum Gasteiger partial charge on any atom is -0.479 e. The Morgan fingerprint density at radius 2 is 2.04 bits per heavy atom. The molecule has 1 heterocycles. The van der Waals surface area contributed by atoms with Gasteiger partial charge in [-0.2, -0.15) is 0 Å². The lowest BCUT2D eigenvalue weighted by molar-refractivity contribution is -0.150. The highest BCUT2D eigenvalue weighted by Crippen LogP contribution is 2.28. The second-order valence-electron chi connectivity index (χ2n) is 7.67. The molecule has 0 aliphatic heterocycles. The van der Waals surface area contributed by atoms with Crippen molar-refractivity contribution < 1.29 is 23.8 Å². The maximum atomic E-state index is 10.9. The van der Waals surface area contributed by atoms with Crippen LogP contribution in [0.2, 0.25) is 0 Å². The molecule has 28 heavy (non-hydrogen) atoms. The molecule has 1 saturated carbocycles. The van der Waals surface area contributed by atoms with E-state index in [0.717, 1.165) is 42.7 Å². The predicted molar refractivity (Wildman–Crippen MR) is 105 cm³/mol. The van der Waals surface area contributed by atoms with Crippen molar-refractivity contribution in [3.8, 4) is 11.5 Å². The first-order chi connectivity index (χ1) is 13.4. The van der Waals surface area contributed by atoms with Crippen molar-refractivity contribution in [3.63, 3.8) is 0 Å². The molecule has 2 aromatic rings. The van der Waals surface area contributed by atoms with Gasteiger partial charge in [-0.1, -0.05) is 24.1 Å². The third-order valence-electron chi connectivity index (χ3n) is 5.31. The van der Waals surface area contributed by atoms with Crippen molar-refractivity contribution in [1.82, 2.24) is 4.98 Å². The van der Waals surface area contributed by atoms with E-state index in [4.69, 9.17) is 19.0 Å². The zero-order chi connectivity index (χ0) is 20.1. The van der Waals surface area contributed by atoms with Gasteiger partial charge in [0.25, 0.3) is 0 Å². The Balaban J connectivity index is 1.52.